The van der Waals surface area contributed by atoms with E-state index in [0.29, 0.717) is 6.10 Å². The Labute approximate surface area is 112 Å². The molecule has 1 aliphatic heterocycles. The number of hydrogen-bond acceptors (Lipinski definition) is 1. The van der Waals surface area contributed by atoms with Gasteiger partial charge in [0.1, 0.15) is 0 Å². The summed E-state index contributed by atoms with van der Waals surface area (Å²) in [7, 11) is 0. The average molecular weight is 249 g/mol. The number of para-hydroxylation sites is 1. The Kier molecular flexibility index (Phi) is 2.42. The third-order valence-electron chi connectivity index (χ3n) is 3.67. The zero-order valence-corrected chi connectivity index (χ0v) is 10.6. The topological polar surface area (TPSA) is 17.5 Å². The number of ether oxygens (including phenoxy) is 1. The second-order valence-corrected chi connectivity index (χ2v) is 5.02. The predicted octanol–water partition coefficient (Wildman–Crippen LogP) is 3.71. The van der Waals surface area contributed by atoms with Crippen molar-refractivity contribution in [1.82, 2.24) is 4.57 Å². The van der Waals surface area contributed by atoms with E-state index in [1.807, 2.05) is 0 Å². The first-order valence-corrected chi connectivity index (χ1v) is 6.67. The van der Waals surface area contributed by atoms with Crippen LogP contribution in [0, 0.1) is 0 Å². The Morgan fingerprint density at radius 3 is 2.53 bits per heavy atom. The van der Waals surface area contributed by atoms with Gasteiger partial charge in [-0.25, -0.2) is 0 Å². The minimum absolute atomic E-state index is 0.387. The maximum Gasteiger partial charge on any atom is 0.0988 e. The zero-order chi connectivity index (χ0) is 12.7. The Morgan fingerprint density at radius 2 is 1.74 bits per heavy atom. The summed E-state index contributed by atoms with van der Waals surface area (Å²) < 4.78 is 7.78. The van der Waals surface area contributed by atoms with Crippen LogP contribution < -0.4 is 0 Å². The molecule has 2 aromatic carbocycles. The molecule has 1 aromatic heterocycles. The number of epoxide rings is 1. The molecule has 1 aliphatic rings. The van der Waals surface area contributed by atoms with Crippen LogP contribution in [0.15, 0.2) is 60.7 Å². The molecule has 2 nitrogen and oxygen atoms in total. The molecule has 94 valence electrons. The van der Waals surface area contributed by atoms with E-state index in [9.17, 15) is 0 Å². The van der Waals surface area contributed by atoms with Crippen molar-refractivity contribution in [3.8, 4) is 11.3 Å². The van der Waals surface area contributed by atoms with E-state index in [1.54, 1.807) is 0 Å². The maximum atomic E-state index is 5.40. The minimum atomic E-state index is 0.387. The number of hydrogen-bond donors (Lipinski definition) is 0. The van der Waals surface area contributed by atoms with Crippen molar-refractivity contribution in [2.75, 3.05) is 6.61 Å². The Morgan fingerprint density at radius 1 is 1.00 bits per heavy atom. The normalized spacial score (nSPS) is 17.8. The number of nitrogens with zero attached hydrogens (tertiary/aromatic N) is 1. The number of rotatable bonds is 3. The second kappa shape index (κ2) is 4.25. The summed E-state index contributed by atoms with van der Waals surface area (Å²) in [6.45, 7) is 1.83. The van der Waals surface area contributed by atoms with Gasteiger partial charge in [0, 0.05) is 16.6 Å². The molecule has 0 radical (unpaired) electrons. The fourth-order valence-electron chi connectivity index (χ4n) is 2.63. The van der Waals surface area contributed by atoms with Crippen molar-refractivity contribution in [3.05, 3.63) is 60.7 Å². The summed E-state index contributed by atoms with van der Waals surface area (Å²) >= 11 is 0. The molecule has 19 heavy (non-hydrogen) atoms. The molecule has 0 saturated carbocycles. The third-order valence-corrected chi connectivity index (χ3v) is 3.67. The van der Waals surface area contributed by atoms with Crippen LogP contribution in [-0.2, 0) is 11.3 Å². The van der Waals surface area contributed by atoms with E-state index >= 15 is 0 Å². The monoisotopic (exact) mass is 249 g/mol. The highest BCUT2D eigenvalue weighted by Gasteiger charge is 2.24. The van der Waals surface area contributed by atoms with Crippen molar-refractivity contribution in [2.24, 2.45) is 0 Å². The second-order valence-electron chi connectivity index (χ2n) is 5.02. The van der Waals surface area contributed by atoms with Crippen LogP contribution in [0.5, 0.6) is 0 Å². The molecular weight excluding hydrogens is 234 g/mol. The number of aromatic nitrogens is 1. The van der Waals surface area contributed by atoms with Crippen LogP contribution in [0.25, 0.3) is 22.2 Å². The molecular formula is C17H15NO. The van der Waals surface area contributed by atoms with Crippen LogP contribution in [0.1, 0.15) is 0 Å². The minimum Gasteiger partial charge on any atom is -0.371 e. The van der Waals surface area contributed by atoms with Gasteiger partial charge in [-0.2, -0.15) is 0 Å². The van der Waals surface area contributed by atoms with Crippen LogP contribution in [-0.4, -0.2) is 17.3 Å². The lowest BCUT2D eigenvalue weighted by Gasteiger charge is -2.09. The Bertz CT molecular complexity index is 710. The lowest BCUT2D eigenvalue weighted by atomic mass is 10.1. The van der Waals surface area contributed by atoms with Crippen molar-refractivity contribution >= 4 is 10.9 Å². The highest BCUT2D eigenvalue weighted by atomic mass is 16.6. The van der Waals surface area contributed by atoms with Gasteiger partial charge in [0.05, 0.1) is 19.3 Å². The van der Waals surface area contributed by atoms with Gasteiger partial charge in [-0.05, 0) is 17.7 Å². The third kappa shape index (κ3) is 1.94. The molecule has 0 bridgehead atoms. The van der Waals surface area contributed by atoms with E-state index in [1.165, 1.54) is 22.2 Å². The molecule has 4 rings (SSSR count). The molecule has 1 fully saturated rings. The molecule has 0 spiro atoms. The highest BCUT2D eigenvalue weighted by Crippen LogP contribution is 2.29. The van der Waals surface area contributed by atoms with Gasteiger partial charge in [-0.15, -0.1) is 0 Å². The molecule has 2 heterocycles. The highest BCUT2D eigenvalue weighted by molar-refractivity contribution is 5.87. The summed E-state index contributed by atoms with van der Waals surface area (Å²) in [5.74, 6) is 0. The number of fused-ring (bicyclic) bond motifs is 1. The van der Waals surface area contributed by atoms with E-state index in [-0.39, 0.29) is 0 Å². The van der Waals surface area contributed by atoms with Gasteiger partial charge in [-0.1, -0.05) is 48.5 Å². The molecule has 0 amide bonds. The molecule has 3 aromatic rings. The van der Waals surface area contributed by atoms with E-state index in [0.717, 1.165) is 13.2 Å². The predicted molar refractivity (Wildman–Crippen MR) is 77.1 cm³/mol. The zero-order valence-electron chi connectivity index (χ0n) is 10.6. The van der Waals surface area contributed by atoms with Gasteiger partial charge in [0.15, 0.2) is 0 Å². The summed E-state index contributed by atoms with van der Waals surface area (Å²) in [5, 5.41) is 1.29. The van der Waals surface area contributed by atoms with Crippen molar-refractivity contribution in [3.63, 3.8) is 0 Å². The summed E-state index contributed by atoms with van der Waals surface area (Å²) in [6, 6.07) is 21.4. The first-order chi connectivity index (χ1) is 9.42. The van der Waals surface area contributed by atoms with Gasteiger partial charge in [-0.3, -0.25) is 0 Å². The van der Waals surface area contributed by atoms with Gasteiger partial charge >= 0.3 is 0 Å². The fraction of sp³-hybridized carbons (Fsp3) is 0.176. The first-order valence-electron chi connectivity index (χ1n) is 6.67. The molecule has 0 unspecified atom stereocenters. The summed E-state index contributed by atoms with van der Waals surface area (Å²) in [5.41, 5.74) is 3.83. The smallest absolute Gasteiger partial charge is 0.0988 e. The van der Waals surface area contributed by atoms with Gasteiger partial charge < -0.3 is 9.30 Å². The molecule has 2 heteroatoms. The van der Waals surface area contributed by atoms with Crippen LogP contribution in [0.3, 0.4) is 0 Å². The van der Waals surface area contributed by atoms with E-state index in [4.69, 9.17) is 4.74 Å². The van der Waals surface area contributed by atoms with Crippen LogP contribution in [0.2, 0.25) is 0 Å². The summed E-state index contributed by atoms with van der Waals surface area (Å²) in [6.07, 6.45) is 0.387. The largest absolute Gasteiger partial charge is 0.371 e. The Balaban J connectivity index is 1.92. The van der Waals surface area contributed by atoms with Crippen LogP contribution >= 0.6 is 0 Å². The van der Waals surface area contributed by atoms with E-state index < -0.39 is 0 Å². The maximum absolute atomic E-state index is 5.40. The molecule has 0 aliphatic carbocycles. The molecule has 0 N–H and O–H groups in total. The average Bonchev–Trinajstić information content (AvgIpc) is 3.21. The SMILES string of the molecule is c1ccc(-c2cc3ccccc3n2C[C@H]2CO2)cc1. The van der Waals surface area contributed by atoms with Crippen LogP contribution in [0.4, 0.5) is 0 Å². The van der Waals surface area contributed by atoms with Gasteiger partial charge in [0.2, 0.25) is 0 Å². The number of benzene rings is 2. The standard InChI is InChI=1S/C17H15NO/c1-2-6-13(7-3-1)17-10-14-8-4-5-9-16(14)18(17)11-15-12-19-15/h1-10,15H,11-12H2/t15-/m0/s1. The fourth-order valence-corrected chi connectivity index (χ4v) is 2.63. The summed E-state index contributed by atoms with van der Waals surface area (Å²) in [4.78, 5) is 0. The Hall–Kier alpha value is -2.06. The molecule has 1 atom stereocenters. The van der Waals surface area contributed by atoms with Crippen molar-refractivity contribution < 1.29 is 4.74 Å². The van der Waals surface area contributed by atoms with Crippen molar-refractivity contribution in [1.29, 1.82) is 0 Å². The lowest BCUT2D eigenvalue weighted by Crippen LogP contribution is -2.05. The van der Waals surface area contributed by atoms with Crippen molar-refractivity contribution in [2.45, 2.75) is 12.6 Å². The quantitative estimate of drug-likeness (QED) is 0.647. The molecule has 1 saturated heterocycles. The van der Waals surface area contributed by atoms with Gasteiger partial charge in [0.25, 0.3) is 0 Å². The van der Waals surface area contributed by atoms with E-state index in [2.05, 4.69) is 65.2 Å². The first kappa shape index (κ1) is 10.8. The lowest BCUT2D eigenvalue weighted by molar-refractivity contribution is 0.386.